The summed E-state index contributed by atoms with van der Waals surface area (Å²) in [6.45, 7) is 0. The molecule has 0 aliphatic rings. The highest BCUT2D eigenvalue weighted by Gasteiger charge is 2.13. The molecule has 21 heavy (non-hydrogen) atoms. The van der Waals surface area contributed by atoms with E-state index in [2.05, 4.69) is 5.43 Å². The highest BCUT2D eigenvalue weighted by atomic mass is 35.5. The maximum Gasteiger partial charge on any atom is 0.175 e. The van der Waals surface area contributed by atoms with E-state index < -0.39 is 9.84 Å². The van der Waals surface area contributed by atoms with E-state index in [1.807, 2.05) is 24.3 Å². The van der Waals surface area contributed by atoms with Gasteiger partial charge in [-0.1, -0.05) is 35.9 Å². The van der Waals surface area contributed by atoms with Gasteiger partial charge in [0.2, 0.25) is 0 Å². The van der Waals surface area contributed by atoms with E-state index in [0.29, 0.717) is 16.3 Å². The second-order valence-corrected chi connectivity index (χ2v) is 7.35. The van der Waals surface area contributed by atoms with E-state index in [4.69, 9.17) is 17.4 Å². The molecule has 2 aromatic rings. The van der Waals surface area contributed by atoms with Crippen LogP contribution in [0, 0.1) is 0 Å². The summed E-state index contributed by atoms with van der Waals surface area (Å²) in [7, 11) is -3.19. The van der Waals surface area contributed by atoms with Crippen LogP contribution in [-0.4, -0.2) is 14.7 Å². The highest BCUT2D eigenvalue weighted by molar-refractivity contribution is 7.90. The van der Waals surface area contributed by atoms with Gasteiger partial charge in [0, 0.05) is 17.3 Å². The SMILES string of the molecule is CS(=O)(=O)c1ccc(C(Cc2cccc(Cl)c2)NN)cc1. The van der Waals surface area contributed by atoms with Crippen LogP contribution in [0.3, 0.4) is 0 Å². The summed E-state index contributed by atoms with van der Waals surface area (Å²) < 4.78 is 22.9. The maximum absolute atomic E-state index is 11.5. The zero-order chi connectivity index (χ0) is 15.5. The van der Waals surface area contributed by atoms with Crippen LogP contribution in [0.1, 0.15) is 17.2 Å². The molecule has 6 heteroatoms. The molecular formula is C15H17ClN2O2S. The number of hydrogen-bond acceptors (Lipinski definition) is 4. The molecule has 112 valence electrons. The third kappa shape index (κ3) is 4.28. The number of nitrogens with two attached hydrogens (primary N) is 1. The van der Waals surface area contributed by atoms with Gasteiger partial charge < -0.3 is 0 Å². The summed E-state index contributed by atoms with van der Waals surface area (Å²) in [5, 5.41) is 0.677. The van der Waals surface area contributed by atoms with Crippen LogP contribution >= 0.6 is 11.6 Å². The van der Waals surface area contributed by atoms with Crippen molar-refractivity contribution in [3.8, 4) is 0 Å². The van der Waals surface area contributed by atoms with Crippen molar-refractivity contribution >= 4 is 21.4 Å². The Hall–Kier alpha value is -1.40. The Bertz CT molecular complexity index is 715. The number of rotatable bonds is 5. The molecule has 0 fully saturated rings. The molecule has 0 radical (unpaired) electrons. The fourth-order valence-corrected chi connectivity index (χ4v) is 2.96. The highest BCUT2D eigenvalue weighted by Crippen LogP contribution is 2.21. The topological polar surface area (TPSA) is 72.2 Å². The lowest BCUT2D eigenvalue weighted by Crippen LogP contribution is -2.29. The Labute approximate surface area is 129 Å². The molecule has 1 atom stereocenters. The zero-order valence-electron chi connectivity index (χ0n) is 11.6. The van der Waals surface area contributed by atoms with Crippen molar-refractivity contribution < 1.29 is 8.42 Å². The average Bonchev–Trinajstić information content (AvgIpc) is 2.44. The predicted octanol–water partition coefficient (Wildman–Crippen LogP) is 2.49. The Morgan fingerprint density at radius 3 is 2.38 bits per heavy atom. The molecule has 0 aliphatic carbocycles. The molecule has 0 aromatic heterocycles. The first-order valence-electron chi connectivity index (χ1n) is 6.41. The Morgan fingerprint density at radius 1 is 1.19 bits per heavy atom. The number of sulfone groups is 1. The lowest BCUT2D eigenvalue weighted by molar-refractivity contribution is 0.551. The molecular weight excluding hydrogens is 308 g/mol. The number of nitrogens with one attached hydrogen (secondary N) is 1. The van der Waals surface area contributed by atoms with Gasteiger partial charge in [-0.05, 0) is 41.8 Å². The zero-order valence-corrected chi connectivity index (χ0v) is 13.2. The van der Waals surface area contributed by atoms with Crippen molar-refractivity contribution in [1.29, 1.82) is 0 Å². The lowest BCUT2D eigenvalue weighted by atomic mass is 9.99. The van der Waals surface area contributed by atoms with Crippen molar-refractivity contribution in [2.75, 3.05) is 6.26 Å². The number of hydrazine groups is 1. The molecule has 2 aromatic carbocycles. The second-order valence-electron chi connectivity index (χ2n) is 4.89. The van der Waals surface area contributed by atoms with Gasteiger partial charge in [0.25, 0.3) is 0 Å². The predicted molar refractivity (Wildman–Crippen MR) is 84.8 cm³/mol. The van der Waals surface area contributed by atoms with E-state index in [0.717, 1.165) is 11.1 Å². The summed E-state index contributed by atoms with van der Waals surface area (Å²) >= 11 is 5.97. The molecule has 0 saturated heterocycles. The second kappa shape index (κ2) is 6.58. The number of hydrogen-bond donors (Lipinski definition) is 2. The van der Waals surface area contributed by atoms with E-state index in [9.17, 15) is 8.42 Å². The summed E-state index contributed by atoms with van der Waals surface area (Å²) in [6.07, 6.45) is 1.85. The van der Waals surface area contributed by atoms with Crippen molar-refractivity contribution in [1.82, 2.24) is 5.43 Å². The first-order chi connectivity index (χ1) is 9.90. The first-order valence-corrected chi connectivity index (χ1v) is 8.67. The van der Waals surface area contributed by atoms with E-state index in [1.54, 1.807) is 24.3 Å². The van der Waals surface area contributed by atoms with Crippen LogP contribution in [0.2, 0.25) is 5.02 Å². The van der Waals surface area contributed by atoms with Gasteiger partial charge in [-0.3, -0.25) is 11.3 Å². The Kier molecular flexibility index (Phi) is 5.00. The minimum absolute atomic E-state index is 0.114. The lowest BCUT2D eigenvalue weighted by Gasteiger charge is -2.17. The molecule has 0 saturated carbocycles. The van der Waals surface area contributed by atoms with Gasteiger partial charge >= 0.3 is 0 Å². The minimum Gasteiger partial charge on any atom is -0.271 e. The van der Waals surface area contributed by atoms with Crippen molar-refractivity contribution in [2.24, 2.45) is 5.84 Å². The van der Waals surface area contributed by atoms with Gasteiger partial charge in [0.1, 0.15) is 0 Å². The average molecular weight is 325 g/mol. The van der Waals surface area contributed by atoms with Gasteiger partial charge in [-0.2, -0.15) is 0 Å². The molecule has 0 amide bonds. The van der Waals surface area contributed by atoms with Crippen LogP contribution in [0.4, 0.5) is 0 Å². The van der Waals surface area contributed by atoms with Crippen LogP contribution in [0.25, 0.3) is 0 Å². The summed E-state index contributed by atoms with van der Waals surface area (Å²) in [5.74, 6) is 5.61. The fourth-order valence-electron chi connectivity index (χ4n) is 2.12. The molecule has 0 heterocycles. The Morgan fingerprint density at radius 2 is 1.86 bits per heavy atom. The van der Waals surface area contributed by atoms with Gasteiger partial charge in [0.15, 0.2) is 9.84 Å². The van der Waals surface area contributed by atoms with Crippen LogP contribution in [-0.2, 0) is 16.3 Å². The van der Waals surface area contributed by atoms with E-state index >= 15 is 0 Å². The molecule has 1 unspecified atom stereocenters. The summed E-state index contributed by atoms with van der Waals surface area (Å²) in [4.78, 5) is 0.296. The van der Waals surface area contributed by atoms with Crippen molar-refractivity contribution in [3.63, 3.8) is 0 Å². The van der Waals surface area contributed by atoms with Crippen molar-refractivity contribution in [2.45, 2.75) is 17.4 Å². The van der Waals surface area contributed by atoms with Crippen molar-refractivity contribution in [3.05, 3.63) is 64.7 Å². The monoisotopic (exact) mass is 324 g/mol. The first kappa shape index (κ1) is 16.0. The third-order valence-electron chi connectivity index (χ3n) is 3.24. The molecule has 0 spiro atoms. The smallest absolute Gasteiger partial charge is 0.175 e. The van der Waals surface area contributed by atoms with Crippen LogP contribution < -0.4 is 11.3 Å². The quantitative estimate of drug-likeness (QED) is 0.654. The van der Waals surface area contributed by atoms with Crippen LogP contribution in [0.15, 0.2) is 53.4 Å². The molecule has 0 aliphatic heterocycles. The number of halogens is 1. The summed E-state index contributed by atoms with van der Waals surface area (Å²) in [6, 6.07) is 14.2. The molecule has 3 N–H and O–H groups in total. The van der Waals surface area contributed by atoms with Gasteiger partial charge in [-0.25, -0.2) is 8.42 Å². The van der Waals surface area contributed by atoms with Crippen LogP contribution in [0.5, 0.6) is 0 Å². The van der Waals surface area contributed by atoms with E-state index in [1.165, 1.54) is 6.26 Å². The fraction of sp³-hybridized carbons (Fsp3) is 0.200. The molecule has 0 bridgehead atoms. The maximum atomic E-state index is 11.5. The minimum atomic E-state index is -3.19. The van der Waals surface area contributed by atoms with E-state index in [-0.39, 0.29) is 6.04 Å². The summed E-state index contributed by atoms with van der Waals surface area (Å²) in [5.41, 5.74) is 4.73. The largest absolute Gasteiger partial charge is 0.271 e. The standard InChI is InChI=1S/C15H17ClN2O2S/c1-21(19,20)14-7-5-12(6-8-14)15(18-17)10-11-3-2-4-13(16)9-11/h2-9,15,18H,10,17H2,1H3. The third-order valence-corrected chi connectivity index (χ3v) is 4.60. The normalized spacial score (nSPS) is 13.1. The number of benzene rings is 2. The molecule has 2 rings (SSSR count). The molecule has 4 nitrogen and oxygen atoms in total. The Balaban J connectivity index is 2.21. The van der Waals surface area contributed by atoms with Gasteiger partial charge in [-0.15, -0.1) is 0 Å². The van der Waals surface area contributed by atoms with Gasteiger partial charge in [0.05, 0.1) is 4.90 Å².